The molecule has 0 aliphatic heterocycles. The number of aryl methyl sites for hydroxylation is 1. The SMILES string of the molecule is CCCn1nc(C(=O)NNC(=O)c2cccc(S(=O)(=O)NCC)c2)c2ccccc2c1=O. The molecule has 1 heterocycles. The van der Waals surface area contributed by atoms with Crippen LogP contribution in [-0.2, 0) is 16.6 Å². The van der Waals surface area contributed by atoms with Crippen LogP contribution in [0.15, 0.2) is 58.2 Å². The monoisotopic (exact) mass is 457 g/mol. The number of benzene rings is 2. The third-order valence-corrected chi connectivity index (χ3v) is 6.09. The van der Waals surface area contributed by atoms with E-state index in [1.165, 1.54) is 28.9 Å². The molecule has 3 N–H and O–H groups in total. The fourth-order valence-corrected chi connectivity index (χ4v) is 4.18. The summed E-state index contributed by atoms with van der Waals surface area (Å²) in [4.78, 5) is 37.7. The summed E-state index contributed by atoms with van der Waals surface area (Å²) in [6.45, 7) is 4.07. The van der Waals surface area contributed by atoms with Crippen LogP contribution in [0.1, 0.15) is 41.1 Å². The van der Waals surface area contributed by atoms with Crippen molar-refractivity contribution in [2.75, 3.05) is 6.54 Å². The summed E-state index contributed by atoms with van der Waals surface area (Å²) in [6.07, 6.45) is 0.648. The smallest absolute Gasteiger partial charge is 0.267 e. The van der Waals surface area contributed by atoms with E-state index in [2.05, 4.69) is 20.7 Å². The zero-order valence-corrected chi connectivity index (χ0v) is 18.4. The Hall–Kier alpha value is -3.57. The van der Waals surface area contributed by atoms with Gasteiger partial charge in [-0.2, -0.15) is 5.10 Å². The normalized spacial score (nSPS) is 11.3. The molecule has 0 radical (unpaired) electrons. The number of carbonyl (C=O) groups excluding carboxylic acids is 2. The molecule has 0 saturated carbocycles. The van der Waals surface area contributed by atoms with Crippen molar-refractivity contribution in [3.05, 3.63) is 70.1 Å². The number of hydrogen-bond donors (Lipinski definition) is 3. The van der Waals surface area contributed by atoms with E-state index < -0.39 is 21.8 Å². The van der Waals surface area contributed by atoms with E-state index in [0.29, 0.717) is 23.7 Å². The molecule has 0 saturated heterocycles. The van der Waals surface area contributed by atoms with Crippen molar-refractivity contribution >= 4 is 32.6 Å². The largest absolute Gasteiger partial charge is 0.290 e. The molecule has 11 heteroatoms. The van der Waals surface area contributed by atoms with E-state index >= 15 is 0 Å². The average Bonchev–Trinajstić information content (AvgIpc) is 2.79. The maximum atomic E-state index is 12.8. The summed E-state index contributed by atoms with van der Waals surface area (Å²) in [7, 11) is -3.74. The number of rotatable bonds is 7. The van der Waals surface area contributed by atoms with Gasteiger partial charge in [0.05, 0.1) is 10.3 Å². The molecule has 3 aromatic rings. The minimum atomic E-state index is -3.74. The molecule has 168 valence electrons. The van der Waals surface area contributed by atoms with Gasteiger partial charge in [0.15, 0.2) is 5.69 Å². The van der Waals surface area contributed by atoms with Gasteiger partial charge in [-0.15, -0.1) is 0 Å². The second-order valence-corrected chi connectivity index (χ2v) is 8.63. The quantitative estimate of drug-likeness (QED) is 0.455. The van der Waals surface area contributed by atoms with E-state index in [4.69, 9.17) is 0 Å². The second kappa shape index (κ2) is 9.71. The second-order valence-electron chi connectivity index (χ2n) is 6.86. The van der Waals surface area contributed by atoms with Crippen LogP contribution in [0.4, 0.5) is 0 Å². The van der Waals surface area contributed by atoms with E-state index in [0.717, 1.165) is 0 Å². The number of nitrogens with zero attached hydrogens (tertiary/aromatic N) is 2. The predicted octanol–water partition coefficient (Wildman–Crippen LogP) is 1.18. The van der Waals surface area contributed by atoms with Crippen molar-refractivity contribution in [1.29, 1.82) is 0 Å². The summed E-state index contributed by atoms with van der Waals surface area (Å²) in [5.74, 6) is -1.42. The molecule has 1 aromatic heterocycles. The molecule has 0 atom stereocenters. The zero-order valence-electron chi connectivity index (χ0n) is 17.6. The van der Waals surface area contributed by atoms with Crippen LogP contribution in [0.25, 0.3) is 10.8 Å². The number of carbonyl (C=O) groups is 2. The highest BCUT2D eigenvalue weighted by molar-refractivity contribution is 7.89. The van der Waals surface area contributed by atoms with Crippen LogP contribution >= 0.6 is 0 Å². The number of sulfonamides is 1. The topological polar surface area (TPSA) is 139 Å². The summed E-state index contributed by atoms with van der Waals surface area (Å²) >= 11 is 0. The Bertz CT molecular complexity index is 1330. The molecule has 2 aromatic carbocycles. The zero-order chi connectivity index (χ0) is 23.3. The Morgan fingerprint density at radius 3 is 2.34 bits per heavy atom. The first-order valence-corrected chi connectivity index (χ1v) is 11.5. The molecule has 0 aliphatic carbocycles. The number of aromatic nitrogens is 2. The molecule has 0 unspecified atom stereocenters. The van der Waals surface area contributed by atoms with Crippen molar-refractivity contribution < 1.29 is 18.0 Å². The molecule has 2 amide bonds. The lowest BCUT2D eigenvalue weighted by Gasteiger charge is -2.12. The minimum absolute atomic E-state index is 0.0163. The lowest BCUT2D eigenvalue weighted by Crippen LogP contribution is -2.43. The van der Waals surface area contributed by atoms with E-state index in [1.54, 1.807) is 31.2 Å². The van der Waals surface area contributed by atoms with Crippen LogP contribution < -0.4 is 21.1 Å². The predicted molar refractivity (Wildman–Crippen MR) is 119 cm³/mol. The van der Waals surface area contributed by atoms with Crippen LogP contribution in [0.5, 0.6) is 0 Å². The van der Waals surface area contributed by atoms with E-state index in [1.807, 2.05) is 6.92 Å². The molecular formula is C21H23N5O5S. The highest BCUT2D eigenvalue weighted by Crippen LogP contribution is 2.14. The fraction of sp³-hybridized carbons (Fsp3) is 0.238. The van der Waals surface area contributed by atoms with Gasteiger partial charge < -0.3 is 0 Å². The summed E-state index contributed by atoms with van der Waals surface area (Å²) in [5.41, 5.74) is 4.26. The lowest BCUT2D eigenvalue weighted by molar-refractivity contribution is 0.0843. The highest BCUT2D eigenvalue weighted by atomic mass is 32.2. The standard InChI is InChI=1S/C21H23N5O5S/c1-3-12-26-21(29)17-11-6-5-10-16(17)18(25-26)20(28)24-23-19(27)14-8-7-9-15(13-14)32(30,31)22-4-2/h5-11,13,22H,3-4,12H2,1-2H3,(H,23,27)(H,24,28). The Morgan fingerprint density at radius 1 is 0.969 bits per heavy atom. The van der Waals surface area contributed by atoms with Crippen molar-refractivity contribution in [3.63, 3.8) is 0 Å². The minimum Gasteiger partial charge on any atom is -0.267 e. The van der Waals surface area contributed by atoms with Gasteiger partial charge in [0.25, 0.3) is 17.4 Å². The van der Waals surface area contributed by atoms with Crippen LogP contribution in [0, 0.1) is 0 Å². The van der Waals surface area contributed by atoms with Gasteiger partial charge in [-0.1, -0.05) is 38.1 Å². The van der Waals surface area contributed by atoms with E-state index in [-0.39, 0.29) is 28.3 Å². The molecule has 3 rings (SSSR count). The molecular weight excluding hydrogens is 434 g/mol. The van der Waals surface area contributed by atoms with Gasteiger partial charge in [0.1, 0.15) is 0 Å². The third-order valence-electron chi connectivity index (χ3n) is 4.55. The first kappa shape index (κ1) is 23.1. The Morgan fingerprint density at radius 2 is 1.66 bits per heavy atom. The van der Waals surface area contributed by atoms with Gasteiger partial charge in [-0.3, -0.25) is 25.2 Å². The van der Waals surface area contributed by atoms with Crippen molar-refractivity contribution in [2.24, 2.45) is 0 Å². The number of amides is 2. The molecule has 0 fully saturated rings. The fourth-order valence-electron chi connectivity index (χ4n) is 3.09. The summed E-state index contributed by atoms with van der Waals surface area (Å²) < 4.78 is 27.9. The van der Waals surface area contributed by atoms with Crippen LogP contribution in [0.3, 0.4) is 0 Å². The molecule has 0 aliphatic rings. The summed E-state index contributed by atoms with van der Waals surface area (Å²) in [5, 5.41) is 4.86. The number of nitrogens with one attached hydrogen (secondary N) is 3. The Kier molecular flexibility index (Phi) is 7.01. The Balaban J connectivity index is 1.84. The van der Waals surface area contributed by atoms with Gasteiger partial charge in [0.2, 0.25) is 10.0 Å². The first-order valence-electron chi connectivity index (χ1n) is 9.98. The van der Waals surface area contributed by atoms with Gasteiger partial charge >= 0.3 is 0 Å². The van der Waals surface area contributed by atoms with Crippen LogP contribution in [-0.4, -0.2) is 36.6 Å². The molecule has 32 heavy (non-hydrogen) atoms. The highest BCUT2D eigenvalue weighted by Gasteiger charge is 2.19. The maximum absolute atomic E-state index is 12.8. The Labute approximate surface area is 184 Å². The first-order chi connectivity index (χ1) is 15.3. The third kappa shape index (κ3) is 4.84. The lowest BCUT2D eigenvalue weighted by atomic mass is 10.1. The molecule has 10 nitrogen and oxygen atoms in total. The van der Waals surface area contributed by atoms with Gasteiger partial charge in [-0.05, 0) is 30.7 Å². The maximum Gasteiger partial charge on any atom is 0.290 e. The molecule has 0 bridgehead atoms. The molecule has 0 spiro atoms. The van der Waals surface area contributed by atoms with Crippen molar-refractivity contribution in [2.45, 2.75) is 31.7 Å². The number of fused-ring (bicyclic) bond motifs is 1. The summed E-state index contributed by atoms with van der Waals surface area (Å²) in [6, 6.07) is 12.0. The van der Waals surface area contributed by atoms with Crippen molar-refractivity contribution in [1.82, 2.24) is 25.4 Å². The van der Waals surface area contributed by atoms with Crippen LogP contribution in [0.2, 0.25) is 0 Å². The van der Waals surface area contributed by atoms with Gasteiger partial charge in [-0.25, -0.2) is 17.8 Å². The number of hydrogen-bond acceptors (Lipinski definition) is 6. The van der Waals surface area contributed by atoms with Gasteiger partial charge in [0, 0.05) is 24.0 Å². The van der Waals surface area contributed by atoms with Crippen molar-refractivity contribution in [3.8, 4) is 0 Å². The average molecular weight is 458 g/mol. The number of hydrazine groups is 1. The van der Waals surface area contributed by atoms with E-state index in [9.17, 15) is 22.8 Å².